The van der Waals surface area contributed by atoms with E-state index in [9.17, 15) is 4.79 Å². The highest BCUT2D eigenvalue weighted by Crippen LogP contribution is 2.45. The number of oxime groups is 1. The van der Waals surface area contributed by atoms with Crippen LogP contribution in [0, 0.1) is 5.41 Å². The molecule has 2 aliphatic rings. The van der Waals surface area contributed by atoms with Gasteiger partial charge in [0.15, 0.2) is 5.71 Å². The molecule has 0 unspecified atom stereocenters. The summed E-state index contributed by atoms with van der Waals surface area (Å²) in [6, 6.07) is 0. The fourth-order valence-electron chi connectivity index (χ4n) is 2.29. The smallest absolute Gasteiger partial charge is 0.353 e. The number of carboxylic acids is 1. The maximum absolute atomic E-state index is 10.7. The van der Waals surface area contributed by atoms with Gasteiger partial charge < -0.3 is 9.94 Å². The molecule has 0 aromatic heterocycles. The van der Waals surface area contributed by atoms with Gasteiger partial charge in [-0.15, -0.1) is 0 Å². The van der Waals surface area contributed by atoms with Crippen molar-refractivity contribution < 1.29 is 14.7 Å². The Morgan fingerprint density at radius 1 is 1.33 bits per heavy atom. The number of carbonyl (C=O) groups is 1. The predicted molar refractivity (Wildman–Crippen MR) is 55.8 cm³/mol. The van der Waals surface area contributed by atoms with E-state index in [1.807, 2.05) is 0 Å². The molecule has 1 saturated carbocycles. The molecule has 0 atom stereocenters. The van der Waals surface area contributed by atoms with Crippen LogP contribution in [0.25, 0.3) is 0 Å². The van der Waals surface area contributed by atoms with Crippen molar-refractivity contribution in [2.24, 2.45) is 10.6 Å². The van der Waals surface area contributed by atoms with Crippen LogP contribution in [0.4, 0.5) is 0 Å². The van der Waals surface area contributed by atoms with Crippen LogP contribution in [0.3, 0.4) is 0 Å². The van der Waals surface area contributed by atoms with Gasteiger partial charge in [-0.25, -0.2) is 4.79 Å². The summed E-state index contributed by atoms with van der Waals surface area (Å²) in [5.74, 6) is -0.947. The summed E-state index contributed by atoms with van der Waals surface area (Å²) < 4.78 is 0. The molecule has 2 rings (SSSR count). The van der Waals surface area contributed by atoms with Crippen LogP contribution in [-0.2, 0) is 9.63 Å². The van der Waals surface area contributed by atoms with Crippen molar-refractivity contribution in [2.45, 2.75) is 51.6 Å². The predicted octanol–water partition coefficient (Wildman–Crippen LogP) is 2.19. The Kier molecular flexibility index (Phi) is 2.24. The number of aliphatic carboxylic acids is 1. The Morgan fingerprint density at radius 3 is 2.40 bits per heavy atom. The summed E-state index contributed by atoms with van der Waals surface area (Å²) in [5, 5.41) is 12.5. The third kappa shape index (κ3) is 1.98. The first-order chi connectivity index (χ1) is 6.93. The van der Waals surface area contributed by atoms with Gasteiger partial charge in [0.2, 0.25) is 0 Å². The fourth-order valence-corrected chi connectivity index (χ4v) is 2.29. The third-order valence-electron chi connectivity index (χ3n) is 3.60. The second-order valence-electron chi connectivity index (χ2n) is 5.46. The number of carboxylic acid groups (broad SMARTS) is 1. The Morgan fingerprint density at radius 2 is 1.93 bits per heavy atom. The van der Waals surface area contributed by atoms with Crippen molar-refractivity contribution in [3.8, 4) is 0 Å². The first kappa shape index (κ1) is 10.5. The standard InChI is InChI=1S/C11H17NO3/c1-10(2)3-5-11(6-4-10)7-8(9(13)14)12-15-11/h3-7H2,1-2H3,(H,13,14). The lowest BCUT2D eigenvalue weighted by Gasteiger charge is -2.39. The SMILES string of the molecule is CC1(C)CCC2(CC1)CC(C(=O)O)=NO2. The second kappa shape index (κ2) is 3.22. The minimum absolute atomic E-state index is 0.176. The first-order valence-electron chi connectivity index (χ1n) is 5.41. The van der Waals surface area contributed by atoms with E-state index in [1.165, 1.54) is 0 Å². The maximum Gasteiger partial charge on any atom is 0.353 e. The molecule has 1 heterocycles. The molecule has 0 amide bonds. The van der Waals surface area contributed by atoms with E-state index in [0.29, 0.717) is 11.8 Å². The largest absolute Gasteiger partial charge is 0.477 e. The lowest BCUT2D eigenvalue weighted by atomic mass is 9.70. The lowest BCUT2D eigenvalue weighted by Crippen LogP contribution is -2.37. The molecule has 4 heteroatoms. The van der Waals surface area contributed by atoms with Crippen molar-refractivity contribution in [3.63, 3.8) is 0 Å². The van der Waals surface area contributed by atoms with Gasteiger partial charge in [0.05, 0.1) is 0 Å². The first-order valence-corrected chi connectivity index (χ1v) is 5.41. The molecule has 1 aliphatic heterocycles. The van der Waals surface area contributed by atoms with Crippen molar-refractivity contribution in [1.82, 2.24) is 0 Å². The van der Waals surface area contributed by atoms with Crippen LogP contribution in [0.2, 0.25) is 0 Å². The molecule has 0 aromatic carbocycles. The summed E-state index contributed by atoms with van der Waals surface area (Å²) in [7, 11) is 0. The second-order valence-corrected chi connectivity index (χ2v) is 5.46. The molecular weight excluding hydrogens is 194 g/mol. The van der Waals surface area contributed by atoms with E-state index in [4.69, 9.17) is 9.94 Å². The van der Waals surface area contributed by atoms with Gasteiger partial charge in [0.1, 0.15) is 5.60 Å². The van der Waals surface area contributed by atoms with Gasteiger partial charge in [-0.05, 0) is 31.1 Å². The Bertz CT molecular complexity index is 310. The third-order valence-corrected chi connectivity index (χ3v) is 3.60. The molecule has 0 aromatic rings. The van der Waals surface area contributed by atoms with Crippen LogP contribution in [0.1, 0.15) is 46.0 Å². The molecule has 1 N–H and O–H groups in total. The van der Waals surface area contributed by atoms with Gasteiger partial charge in [-0.1, -0.05) is 19.0 Å². The molecule has 1 spiro atoms. The number of hydrogen-bond acceptors (Lipinski definition) is 3. The average molecular weight is 211 g/mol. The molecule has 1 aliphatic carbocycles. The summed E-state index contributed by atoms with van der Waals surface area (Å²) >= 11 is 0. The zero-order valence-electron chi connectivity index (χ0n) is 9.25. The molecule has 4 nitrogen and oxygen atoms in total. The zero-order chi connectivity index (χ0) is 11.1. The molecule has 1 fully saturated rings. The van der Waals surface area contributed by atoms with E-state index in [2.05, 4.69) is 19.0 Å². The zero-order valence-corrected chi connectivity index (χ0v) is 9.25. The maximum atomic E-state index is 10.7. The van der Waals surface area contributed by atoms with E-state index in [0.717, 1.165) is 25.7 Å². The molecule has 0 bridgehead atoms. The summed E-state index contributed by atoms with van der Waals surface area (Å²) in [5.41, 5.74) is 0.235. The van der Waals surface area contributed by atoms with Gasteiger partial charge in [-0.3, -0.25) is 0 Å². The summed E-state index contributed by atoms with van der Waals surface area (Å²) in [4.78, 5) is 16.1. The van der Waals surface area contributed by atoms with Crippen LogP contribution >= 0.6 is 0 Å². The van der Waals surface area contributed by atoms with Crippen molar-refractivity contribution >= 4 is 11.7 Å². The van der Waals surface area contributed by atoms with E-state index in [-0.39, 0.29) is 11.3 Å². The monoisotopic (exact) mass is 211 g/mol. The summed E-state index contributed by atoms with van der Waals surface area (Å²) in [6.07, 6.45) is 4.46. The minimum Gasteiger partial charge on any atom is -0.477 e. The van der Waals surface area contributed by atoms with Crippen LogP contribution in [0.15, 0.2) is 5.16 Å². The molecule has 0 saturated heterocycles. The van der Waals surface area contributed by atoms with Crippen molar-refractivity contribution in [2.75, 3.05) is 0 Å². The fraction of sp³-hybridized carbons (Fsp3) is 0.818. The Balaban J connectivity index is 2.00. The quantitative estimate of drug-likeness (QED) is 0.723. The van der Waals surface area contributed by atoms with Gasteiger partial charge in [0.25, 0.3) is 0 Å². The number of hydrogen-bond donors (Lipinski definition) is 1. The van der Waals surface area contributed by atoms with Gasteiger partial charge in [-0.2, -0.15) is 0 Å². The van der Waals surface area contributed by atoms with Gasteiger partial charge >= 0.3 is 5.97 Å². The van der Waals surface area contributed by atoms with E-state index < -0.39 is 5.97 Å². The average Bonchev–Trinajstić information content (AvgIpc) is 2.56. The Labute approximate surface area is 89.3 Å². The number of nitrogens with zero attached hydrogens (tertiary/aromatic N) is 1. The molecule has 84 valence electrons. The topological polar surface area (TPSA) is 58.9 Å². The van der Waals surface area contributed by atoms with E-state index >= 15 is 0 Å². The lowest BCUT2D eigenvalue weighted by molar-refractivity contribution is -0.129. The highest BCUT2D eigenvalue weighted by Gasteiger charge is 2.45. The molecule has 15 heavy (non-hydrogen) atoms. The van der Waals surface area contributed by atoms with E-state index in [1.54, 1.807) is 0 Å². The molecule has 0 radical (unpaired) electrons. The van der Waals surface area contributed by atoms with Crippen molar-refractivity contribution in [1.29, 1.82) is 0 Å². The van der Waals surface area contributed by atoms with Gasteiger partial charge in [0, 0.05) is 6.42 Å². The highest BCUT2D eigenvalue weighted by molar-refractivity contribution is 6.36. The minimum atomic E-state index is -0.947. The van der Waals surface area contributed by atoms with Crippen LogP contribution < -0.4 is 0 Å². The van der Waals surface area contributed by atoms with Crippen LogP contribution in [0.5, 0.6) is 0 Å². The Hall–Kier alpha value is -1.06. The van der Waals surface area contributed by atoms with Crippen LogP contribution in [-0.4, -0.2) is 22.4 Å². The highest BCUT2D eigenvalue weighted by atomic mass is 16.7. The summed E-state index contributed by atoms with van der Waals surface area (Å²) in [6.45, 7) is 4.49. The number of rotatable bonds is 1. The van der Waals surface area contributed by atoms with Crippen molar-refractivity contribution in [3.05, 3.63) is 0 Å². The molecular formula is C11H17NO3. The normalized spacial score (nSPS) is 27.2.